The predicted octanol–water partition coefficient (Wildman–Crippen LogP) is 9.01. The number of likely N-dealkylation sites (tertiary alicyclic amines) is 2. The van der Waals surface area contributed by atoms with Crippen molar-refractivity contribution in [3.05, 3.63) is 156 Å². The number of para-hydroxylation sites is 1. The van der Waals surface area contributed by atoms with Gasteiger partial charge in [-0.05, 0) is 108 Å². The van der Waals surface area contributed by atoms with Gasteiger partial charge < -0.3 is 74.2 Å². The number of rotatable bonds is 29. The number of carbonyl (C=O) groups excluding carboxylic acids is 3. The third kappa shape index (κ3) is 17.3. The first-order valence-corrected chi connectivity index (χ1v) is 37.7. The zero-order chi connectivity index (χ0) is 71.9. The number of hydrogen-bond acceptors (Lipinski definition) is 24. The first kappa shape index (κ1) is 72.3. The Balaban J connectivity index is 0.515. The molecule has 8 atom stereocenters. The van der Waals surface area contributed by atoms with Gasteiger partial charge in [0.2, 0.25) is 17.7 Å². The van der Waals surface area contributed by atoms with Crippen molar-refractivity contribution in [2.75, 3.05) is 88.0 Å². The fourth-order valence-corrected chi connectivity index (χ4v) is 16.6. The number of aliphatic hydroxyl groups excluding tert-OH is 1. The number of benzene rings is 4. The third-order valence-electron chi connectivity index (χ3n) is 19.8. The number of alkyl carbamates (subject to hydrolysis) is 1. The van der Waals surface area contributed by atoms with Crippen LogP contribution in [-0.2, 0) is 41.6 Å². The van der Waals surface area contributed by atoms with Crippen molar-refractivity contribution in [1.29, 1.82) is 5.26 Å². The molecule has 5 fully saturated rings. The van der Waals surface area contributed by atoms with Crippen LogP contribution in [0, 0.1) is 17.2 Å². The zero-order valence-electron chi connectivity index (χ0n) is 57.3. The normalized spacial score (nSPS) is 22.0. The molecule has 0 radical (unpaired) electrons. The van der Waals surface area contributed by atoms with Crippen LogP contribution < -0.4 is 40.4 Å². The van der Waals surface area contributed by atoms with Gasteiger partial charge in [0, 0.05) is 113 Å². The number of pyridine rings is 1. The highest BCUT2D eigenvalue weighted by atomic mass is 31.3. The highest BCUT2D eigenvalue weighted by molar-refractivity contribution is 7.61. The number of nitrogens with one attached hydrogen (secondary N) is 2. The molecule has 4 aliphatic heterocycles. The smallest absolute Gasteiger partial charge is 0.474 e. The van der Waals surface area contributed by atoms with Crippen LogP contribution in [0.15, 0.2) is 132 Å². The van der Waals surface area contributed by atoms with E-state index in [1.807, 2.05) is 87.5 Å². The number of β-amino-alcohol motifs (C(OH)–C–C–N with tert-alkyl or cyclic N) is 1. The van der Waals surface area contributed by atoms with Crippen molar-refractivity contribution >= 4 is 50.7 Å². The number of carbonyl (C=O) groups is 3. The molecule has 4 aromatic carbocycles. The Kier molecular flexibility index (Phi) is 22.4. The summed E-state index contributed by atoms with van der Waals surface area (Å²) in [7, 11) is -10.5. The molecule has 0 spiro atoms. The largest absolute Gasteiger partial charge is 0.484 e. The molecule has 29 nitrogen and oxygen atoms in total. The lowest BCUT2D eigenvalue weighted by molar-refractivity contribution is -0.141. The van der Waals surface area contributed by atoms with Gasteiger partial charge in [0.15, 0.2) is 18.4 Å². The highest BCUT2D eigenvalue weighted by Crippen LogP contribution is 2.60. The van der Waals surface area contributed by atoms with Crippen molar-refractivity contribution in [3.8, 4) is 46.0 Å². The Morgan fingerprint density at radius 3 is 2.16 bits per heavy atom. The molecule has 7 aromatic rings. The third-order valence-corrected chi connectivity index (χ3v) is 22.4. The maximum absolute atomic E-state index is 14.2. The molecule has 13 rings (SSSR count). The number of nitrogens with zero attached hydrogens (tertiary/aromatic N) is 9. The van der Waals surface area contributed by atoms with Crippen LogP contribution in [0.5, 0.6) is 17.5 Å². The average Bonchev–Trinajstić information content (AvgIpc) is 1.68. The first-order valence-electron chi connectivity index (χ1n) is 34.7. The minimum Gasteiger partial charge on any atom is -0.474 e. The summed E-state index contributed by atoms with van der Waals surface area (Å²) in [5.74, 6) is -0.240. The van der Waals surface area contributed by atoms with Gasteiger partial charge in [-0.1, -0.05) is 86.6 Å². The molecule has 2 unspecified atom stereocenters. The van der Waals surface area contributed by atoms with Crippen LogP contribution in [0.3, 0.4) is 0 Å². The van der Waals surface area contributed by atoms with Crippen molar-refractivity contribution in [3.63, 3.8) is 0 Å². The molecule has 6 aliphatic rings. The van der Waals surface area contributed by atoms with Gasteiger partial charge in [-0.3, -0.25) is 19.0 Å². The lowest BCUT2D eigenvalue weighted by atomic mass is 9.91. The maximum atomic E-state index is 14.2. The summed E-state index contributed by atoms with van der Waals surface area (Å²) in [4.78, 5) is 74.0. The predicted molar refractivity (Wildman–Crippen MR) is 375 cm³/mol. The van der Waals surface area contributed by atoms with Crippen LogP contribution in [0.1, 0.15) is 112 Å². The quantitative estimate of drug-likeness (QED) is 0.0145. The van der Waals surface area contributed by atoms with Crippen LogP contribution >= 0.6 is 15.6 Å². The molecule has 7 heterocycles. The molecular formula is C72H84N12O17P2. The molecule has 103 heavy (non-hydrogen) atoms. The molecule has 2 aliphatic carbocycles. The molecule has 544 valence electrons. The van der Waals surface area contributed by atoms with Crippen LogP contribution in [0.2, 0.25) is 0 Å². The number of amides is 3. The average molecular weight is 1450 g/mol. The Hall–Kier alpha value is -9.04. The van der Waals surface area contributed by atoms with Crippen LogP contribution in [0.25, 0.3) is 22.4 Å². The fraction of sp³-hybridized carbons (Fsp3) is 0.444. The van der Waals surface area contributed by atoms with E-state index < -0.39 is 65.9 Å². The molecule has 1 saturated carbocycles. The second-order valence-corrected chi connectivity index (χ2v) is 30.1. The fourth-order valence-electron chi connectivity index (χ4n) is 14.7. The minimum absolute atomic E-state index is 0.0104. The standard InChI is InChI=1S/C72H84N12O17P2/c1-44(2)68(71(87)83-42-51(85)33-63(83)70(86)77-45(3)47-18-16-46(38-73)17-19-47)65-37-67(80-100-65)93-29-28-81-26-23-52(24-27-81)98-53-34-54(35-53)99-66-32-48(22-25-75-66)84-49-20-21-50(84)41-82(40-49)62-36-61(78-79-69(62)74)59-14-8-9-15-64(59)95-43-97-103(91,92)101-102(89,90)96-31-30-94-72(88)76-39-60-57-12-6-4-10-55(57)56-11-5-7-13-58(56)60/h4-19,22,25,32,36-37,44-45,49-54,60,63,68,85H,20-21,23-24,26-31,33-35,39-43H2,1-3H3,(H2,74,79)(H,76,88)(H,77,86)(H,89,90)(H,91,92)/t45-,49+,50+,51+,53?,54?,63-,68+/m0/s1. The summed E-state index contributed by atoms with van der Waals surface area (Å²) < 4.78 is 75.4. The molecule has 4 saturated heterocycles. The SMILES string of the molecule is CC(C)[C@@H](C(=O)N1C[C@H](O)C[C@H]1C(=O)N[C@@H](C)c1ccc(C#N)cc1)c1cc(OCCN2CCC(OC3CC(Oc4cc(N5[C@@H]6CC[C@@H]5CN(c5cc(-c7ccccc7OCOP(=O)(O)OP(=O)(O)OCCOC(=O)NCC7c8ccccc8-c8ccccc87)nnc5N)C6)ccn4)C3)CC2)no1. The number of fused-ring (bicyclic) bond motifs is 5. The van der Waals surface area contributed by atoms with E-state index >= 15 is 0 Å². The highest BCUT2D eigenvalue weighted by Gasteiger charge is 2.45. The van der Waals surface area contributed by atoms with E-state index in [0.29, 0.717) is 60.4 Å². The van der Waals surface area contributed by atoms with Crippen molar-refractivity contribution in [1.82, 2.24) is 40.8 Å². The van der Waals surface area contributed by atoms with E-state index in [0.717, 1.165) is 85.1 Å². The summed E-state index contributed by atoms with van der Waals surface area (Å²) in [6, 6.07) is 38.1. The van der Waals surface area contributed by atoms with Crippen molar-refractivity contribution in [2.45, 2.75) is 126 Å². The topological polar surface area (TPSA) is 371 Å². The number of aliphatic hydroxyl groups is 1. The monoisotopic (exact) mass is 1450 g/mol. The summed E-state index contributed by atoms with van der Waals surface area (Å²) >= 11 is 0. The van der Waals surface area contributed by atoms with E-state index in [1.54, 1.807) is 60.8 Å². The van der Waals surface area contributed by atoms with E-state index in [9.17, 15) is 43.7 Å². The summed E-state index contributed by atoms with van der Waals surface area (Å²) in [6.45, 7) is 7.84. The molecule has 2 bridgehead atoms. The minimum atomic E-state index is -5.26. The zero-order valence-corrected chi connectivity index (χ0v) is 59.0. The number of anilines is 3. The summed E-state index contributed by atoms with van der Waals surface area (Å²) in [5, 5.41) is 38.4. The van der Waals surface area contributed by atoms with Crippen molar-refractivity contribution in [2.24, 2.45) is 5.92 Å². The molecule has 7 N–H and O–H groups in total. The van der Waals surface area contributed by atoms with Crippen molar-refractivity contribution < 1.29 is 80.0 Å². The van der Waals surface area contributed by atoms with E-state index in [2.05, 4.69) is 56.1 Å². The lowest BCUT2D eigenvalue weighted by Crippen LogP contribution is -2.54. The number of aromatic nitrogens is 4. The van der Waals surface area contributed by atoms with E-state index in [4.69, 9.17) is 43.0 Å². The number of nitrogen functional groups attached to an aromatic ring is 1. The Morgan fingerprint density at radius 1 is 0.757 bits per heavy atom. The van der Waals surface area contributed by atoms with Gasteiger partial charge in [0.25, 0.3) is 5.88 Å². The summed E-state index contributed by atoms with van der Waals surface area (Å²) in [6.07, 6.45) is 5.60. The number of hydrogen-bond donors (Lipinski definition) is 6. The Morgan fingerprint density at radius 2 is 1.45 bits per heavy atom. The molecule has 31 heteroatoms. The van der Waals surface area contributed by atoms with Crippen LogP contribution in [-0.4, -0.2) is 178 Å². The second-order valence-electron chi connectivity index (χ2n) is 27.0. The van der Waals surface area contributed by atoms with Gasteiger partial charge in [0.1, 0.15) is 37.0 Å². The van der Waals surface area contributed by atoms with Gasteiger partial charge in [-0.15, -0.1) is 10.2 Å². The van der Waals surface area contributed by atoms with Gasteiger partial charge >= 0.3 is 21.7 Å². The number of nitrogens with two attached hydrogens (primary N) is 1. The number of nitriles is 1. The Bertz CT molecular complexity index is 4250. The van der Waals surface area contributed by atoms with Gasteiger partial charge in [-0.2, -0.15) is 9.57 Å². The maximum Gasteiger partial charge on any atom is 0.484 e. The van der Waals surface area contributed by atoms with E-state index in [-0.39, 0.29) is 91.0 Å². The van der Waals surface area contributed by atoms with Gasteiger partial charge in [0.05, 0.1) is 54.0 Å². The molecule has 3 aromatic heterocycles. The number of phosphoric ester groups is 2. The lowest BCUT2D eigenvalue weighted by Gasteiger charge is -2.43. The summed E-state index contributed by atoms with van der Waals surface area (Å²) in [5.41, 5.74) is 14.7. The number of piperazine rings is 1. The Labute approximate surface area is 595 Å². The van der Waals surface area contributed by atoms with Gasteiger partial charge in [-0.25, -0.2) is 23.4 Å². The molecule has 3 amide bonds. The van der Waals surface area contributed by atoms with E-state index in [1.165, 1.54) is 4.90 Å². The second kappa shape index (κ2) is 31.9. The number of piperidine rings is 1. The van der Waals surface area contributed by atoms with Crippen LogP contribution in [0.4, 0.5) is 22.0 Å². The molecular weight excluding hydrogens is 1370 g/mol. The first-order chi connectivity index (χ1) is 49.7. The number of phosphoric acid groups is 2. The number of ether oxygens (including phenoxy) is 5.